The van der Waals surface area contributed by atoms with Crippen LogP contribution in [0.25, 0.3) is 21.9 Å². The molecule has 24 heavy (non-hydrogen) atoms. The van der Waals surface area contributed by atoms with Crippen LogP contribution in [0.15, 0.2) is 72.9 Å². The van der Waals surface area contributed by atoms with Gasteiger partial charge in [-0.15, -0.1) is 11.3 Å². The van der Waals surface area contributed by atoms with Crippen LogP contribution in [0.1, 0.15) is 4.88 Å². The van der Waals surface area contributed by atoms with Crippen LogP contribution in [-0.2, 0) is 6.54 Å². The van der Waals surface area contributed by atoms with Gasteiger partial charge in [-0.05, 0) is 34.0 Å². The molecule has 0 unspecified atom stereocenters. The van der Waals surface area contributed by atoms with E-state index in [9.17, 15) is 0 Å². The molecule has 0 aliphatic carbocycles. The number of thiazole rings is 1. The predicted octanol–water partition coefficient (Wildman–Crippen LogP) is 6.23. The van der Waals surface area contributed by atoms with Crippen molar-refractivity contribution in [1.82, 2.24) is 4.98 Å². The SMILES string of the molecule is Clc1ncc(CNc2ccc(-c3cccc4ccccc34)cc2)s1. The van der Waals surface area contributed by atoms with E-state index in [-0.39, 0.29) is 0 Å². The minimum absolute atomic E-state index is 0.582. The van der Waals surface area contributed by atoms with Crippen LogP contribution in [0, 0.1) is 0 Å². The quantitative estimate of drug-likeness (QED) is 0.472. The standard InChI is InChI=1S/C20H15ClN2S/c21-20-23-13-17(24-20)12-22-16-10-8-15(9-11-16)19-7-3-5-14-4-1-2-6-18(14)19/h1-11,13,22H,12H2. The first-order valence-corrected chi connectivity index (χ1v) is 8.91. The third kappa shape index (κ3) is 3.14. The summed E-state index contributed by atoms with van der Waals surface area (Å²) in [5.74, 6) is 0. The maximum absolute atomic E-state index is 5.86. The highest BCUT2D eigenvalue weighted by Gasteiger charge is 2.04. The molecule has 118 valence electrons. The Balaban J connectivity index is 1.57. The summed E-state index contributed by atoms with van der Waals surface area (Å²) in [5.41, 5.74) is 3.57. The summed E-state index contributed by atoms with van der Waals surface area (Å²) in [7, 11) is 0. The van der Waals surface area contributed by atoms with Crippen LogP contribution in [0.2, 0.25) is 4.47 Å². The van der Waals surface area contributed by atoms with Gasteiger partial charge in [-0.1, -0.05) is 66.2 Å². The van der Waals surface area contributed by atoms with E-state index in [1.165, 1.54) is 33.2 Å². The lowest BCUT2D eigenvalue weighted by Crippen LogP contribution is -1.96. The summed E-state index contributed by atoms with van der Waals surface area (Å²) >= 11 is 7.36. The van der Waals surface area contributed by atoms with Crippen LogP contribution >= 0.6 is 22.9 Å². The number of hydrogen-bond donors (Lipinski definition) is 1. The molecule has 0 saturated heterocycles. The molecule has 0 bridgehead atoms. The molecule has 2 nitrogen and oxygen atoms in total. The second-order valence-corrected chi connectivity index (χ2v) is 7.23. The lowest BCUT2D eigenvalue weighted by molar-refractivity contribution is 1.17. The monoisotopic (exact) mass is 350 g/mol. The molecule has 0 radical (unpaired) electrons. The van der Waals surface area contributed by atoms with E-state index in [0.29, 0.717) is 4.47 Å². The average molecular weight is 351 g/mol. The normalized spacial score (nSPS) is 10.9. The van der Waals surface area contributed by atoms with Gasteiger partial charge >= 0.3 is 0 Å². The third-order valence-electron chi connectivity index (χ3n) is 3.98. The number of nitrogens with zero attached hydrogens (tertiary/aromatic N) is 1. The molecule has 0 saturated carbocycles. The summed E-state index contributed by atoms with van der Waals surface area (Å²) in [6, 6.07) is 23.4. The lowest BCUT2D eigenvalue weighted by atomic mass is 9.98. The van der Waals surface area contributed by atoms with E-state index in [2.05, 4.69) is 77.0 Å². The summed E-state index contributed by atoms with van der Waals surface area (Å²) in [5, 5.41) is 5.94. The van der Waals surface area contributed by atoms with Crippen LogP contribution < -0.4 is 5.32 Å². The molecule has 0 fully saturated rings. The van der Waals surface area contributed by atoms with Gasteiger partial charge < -0.3 is 5.32 Å². The zero-order valence-electron chi connectivity index (χ0n) is 12.9. The van der Waals surface area contributed by atoms with Crippen molar-refractivity contribution < 1.29 is 0 Å². The fourth-order valence-corrected chi connectivity index (χ4v) is 3.72. The first kappa shape index (κ1) is 15.2. The molecule has 0 aliphatic heterocycles. The number of rotatable bonds is 4. The van der Waals surface area contributed by atoms with E-state index in [1.807, 2.05) is 6.20 Å². The van der Waals surface area contributed by atoms with Gasteiger partial charge in [0.2, 0.25) is 0 Å². The van der Waals surface area contributed by atoms with E-state index in [0.717, 1.165) is 17.1 Å². The van der Waals surface area contributed by atoms with Crippen molar-refractivity contribution in [3.8, 4) is 11.1 Å². The van der Waals surface area contributed by atoms with Gasteiger partial charge in [0.25, 0.3) is 0 Å². The Morgan fingerprint density at radius 3 is 2.50 bits per heavy atom. The van der Waals surface area contributed by atoms with Crippen molar-refractivity contribution in [2.75, 3.05) is 5.32 Å². The van der Waals surface area contributed by atoms with Crippen molar-refractivity contribution >= 4 is 39.4 Å². The second-order valence-electron chi connectivity index (χ2n) is 5.54. The number of benzene rings is 3. The molecule has 0 spiro atoms. The Kier molecular flexibility index (Phi) is 4.20. The number of nitrogens with one attached hydrogen (secondary N) is 1. The van der Waals surface area contributed by atoms with Crippen molar-refractivity contribution in [2.45, 2.75) is 6.54 Å². The summed E-state index contributed by atoms with van der Waals surface area (Å²) in [6.07, 6.45) is 1.81. The molecular weight excluding hydrogens is 336 g/mol. The van der Waals surface area contributed by atoms with Crippen molar-refractivity contribution in [1.29, 1.82) is 0 Å². The maximum atomic E-state index is 5.86. The van der Waals surface area contributed by atoms with Crippen molar-refractivity contribution in [3.05, 3.63) is 82.3 Å². The van der Waals surface area contributed by atoms with Gasteiger partial charge in [0.15, 0.2) is 4.47 Å². The highest BCUT2D eigenvalue weighted by Crippen LogP contribution is 2.29. The molecule has 1 N–H and O–H groups in total. The minimum atomic E-state index is 0.582. The molecule has 0 atom stereocenters. The second kappa shape index (κ2) is 6.63. The largest absolute Gasteiger partial charge is 0.380 e. The summed E-state index contributed by atoms with van der Waals surface area (Å²) < 4.78 is 0.582. The van der Waals surface area contributed by atoms with E-state index in [1.54, 1.807) is 0 Å². The number of fused-ring (bicyclic) bond motifs is 1. The predicted molar refractivity (Wildman–Crippen MR) is 104 cm³/mol. The first-order chi connectivity index (χ1) is 11.8. The van der Waals surface area contributed by atoms with Crippen LogP contribution in [-0.4, -0.2) is 4.98 Å². The Hall–Kier alpha value is -2.36. The Labute approximate surface area is 149 Å². The maximum Gasteiger partial charge on any atom is 0.183 e. The van der Waals surface area contributed by atoms with Crippen LogP contribution in [0.5, 0.6) is 0 Å². The third-order valence-corrected chi connectivity index (χ3v) is 5.09. The Bertz CT molecular complexity index is 971. The zero-order valence-corrected chi connectivity index (χ0v) is 14.4. The molecule has 0 aliphatic rings. The van der Waals surface area contributed by atoms with Gasteiger partial charge in [-0.25, -0.2) is 4.98 Å². The molecule has 3 aromatic carbocycles. The highest BCUT2D eigenvalue weighted by molar-refractivity contribution is 7.15. The van der Waals surface area contributed by atoms with Crippen LogP contribution in [0.4, 0.5) is 5.69 Å². The number of anilines is 1. The average Bonchev–Trinajstić information content (AvgIpc) is 3.05. The van der Waals surface area contributed by atoms with Gasteiger partial charge in [0.05, 0.1) is 6.54 Å². The van der Waals surface area contributed by atoms with Crippen molar-refractivity contribution in [3.63, 3.8) is 0 Å². The molecule has 4 rings (SSSR count). The molecular formula is C20H15ClN2S. The van der Waals surface area contributed by atoms with Crippen molar-refractivity contribution in [2.24, 2.45) is 0 Å². The zero-order chi connectivity index (χ0) is 16.4. The van der Waals surface area contributed by atoms with E-state index < -0.39 is 0 Å². The number of aromatic nitrogens is 1. The Morgan fingerprint density at radius 1 is 0.917 bits per heavy atom. The molecule has 1 aromatic heterocycles. The molecule has 4 heteroatoms. The smallest absolute Gasteiger partial charge is 0.183 e. The van der Waals surface area contributed by atoms with E-state index >= 15 is 0 Å². The fraction of sp³-hybridized carbons (Fsp3) is 0.0500. The van der Waals surface area contributed by atoms with Gasteiger partial charge in [-0.3, -0.25) is 0 Å². The first-order valence-electron chi connectivity index (χ1n) is 7.72. The summed E-state index contributed by atoms with van der Waals surface area (Å²) in [6.45, 7) is 0.734. The van der Waals surface area contributed by atoms with Gasteiger partial charge in [0, 0.05) is 16.8 Å². The fourth-order valence-electron chi connectivity index (χ4n) is 2.80. The van der Waals surface area contributed by atoms with Gasteiger partial charge in [0.1, 0.15) is 0 Å². The van der Waals surface area contributed by atoms with Crippen LogP contribution in [0.3, 0.4) is 0 Å². The topological polar surface area (TPSA) is 24.9 Å². The molecule has 4 aromatic rings. The summed E-state index contributed by atoms with van der Waals surface area (Å²) in [4.78, 5) is 5.18. The number of halogens is 1. The molecule has 0 amide bonds. The Morgan fingerprint density at radius 2 is 1.71 bits per heavy atom. The van der Waals surface area contributed by atoms with E-state index in [4.69, 9.17) is 11.6 Å². The van der Waals surface area contributed by atoms with Gasteiger partial charge in [-0.2, -0.15) is 0 Å². The molecule has 1 heterocycles. The minimum Gasteiger partial charge on any atom is -0.380 e. The number of hydrogen-bond acceptors (Lipinski definition) is 3. The lowest BCUT2D eigenvalue weighted by Gasteiger charge is -2.09. The highest BCUT2D eigenvalue weighted by atomic mass is 35.5.